The van der Waals surface area contributed by atoms with Crippen molar-refractivity contribution in [3.63, 3.8) is 0 Å². The molecule has 5 rings (SSSR count). The molecule has 0 aliphatic heterocycles. The molecule has 0 amide bonds. The van der Waals surface area contributed by atoms with Crippen molar-refractivity contribution in [2.75, 3.05) is 0 Å². The predicted octanol–water partition coefficient (Wildman–Crippen LogP) is 6.06. The van der Waals surface area contributed by atoms with Gasteiger partial charge < -0.3 is 4.74 Å². The third-order valence-corrected chi connectivity index (χ3v) is 9.33. The zero-order valence-corrected chi connectivity index (χ0v) is 18.9. The highest BCUT2D eigenvalue weighted by Gasteiger charge is 2.58. The fraction of sp³-hybridized carbons (Fsp3) is 0.643. The van der Waals surface area contributed by atoms with E-state index in [0.29, 0.717) is 24.0 Å². The van der Waals surface area contributed by atoms with E-state index in [1.54, 1.807) is 0 Å². The van der Waals surface area contributed by atoms with Crippen LogP contribution >= 0.6 is 0 Å². The zero-order chi connectivity index (χ0) is 21.4. The van der Waals surface area contributed by atoms with Crippen LogP contribution in [0.5, 0.6) is 0 Å². The van der Waals surface area contributed by atoms with E-state index >= 15 is 0 Å². The Balaban J connectivity index is 1.27. The second-order valence-electron chi connectivity index (χ2n) is 10.5. The fourth-order valence-electron chi connectivity index (χ4n) is 7.89. The summed E-state index contributed by atoms with van der Waals surface area (Å²) in [5.74, 6) is 3.12. The summed E-state index contributed by atoms with van der Waals surface area (Å²) in [5.41, 5.74) is 2.82. The number of benzene rings is 1. The first-order valence-electron chi connectivity index (χ1n) is 12.6. The molecule has 31 heavy (non-hydrogen) atoms. The predicted molar refractivity (Wildman–Crippen MR) is 121 cm³/mol. The summed E-state index contributed by atoms with van der Waals surface area (Å²) >= 11 is 0. The van der Waals surface area contributed by atoms with Gasteiger partial charge in [0.15, 0.2) is 5.78 Å². The molecule has 1 aromatic rings. The molecular weight excluding hydrogens is 384 g/mol. The number of carbonyl (C=O) groups excluding carboxylic acids is 2. The molecule has 0 radical (unpaired) electrons. The number of ketones is 1. The summed E-state index contributed by atoms with van der Waals surface area (Å²) in [7, 11) is 0. The van der Waals surface area contributed by atoms with Gasteiger partial charge in [0.05, 0.1) is 0 Å². The molecule has 4 aliphatic carbocycles. The molecule has 0 aromatic heterocycles. The van der Waals surface area contributed by atoms with Crippen LogP contribution in [0.2, 0.25) is 0 Å². The Bertz CT molecular complexity index is 856. The van der Waals surface area contributed by atoms with Gasteiger partial charge in [-0.3, -0.25) is 9.59 Å². The topological polar surface area (TPSA) is 43.4 Å². The number of allylic oxidation sites excluding steroid dienone is 1. The number of hydrogen-bond donors (Lipinski definition) is 0. The van der Waals surface area contributed by atoms with Gasteiger partial charge in [0.1, 0.15) is 6.10 Å². The third-order valence-electron chi connectivity index (χ3n) is 9.33. The molecule has 3 fully saturated rings. The minimum Gasteiger partial charge on any atom is -0.462 e. The lowest BCUT2D eigenvalue weighted by Gasteiger charge is -2.54. The second-order valence-corrected chi connectivity index (χ2v) is 10.5. The first-order chi connectivity index (χ1) is 15.1. The molecule has 0 heterocycles. The summed E-state index contributed by atoms with van der Waals surface area (Å²) < 4.78 is 6.20. The molecule has 3 saturated carbocycles. The molecule has 4 aliphatic rings. The van der Waals surface area contributed by atoms with E-state index in [9.17, 15) is 9.59 Å². The number of hydrogen-bond acceptors (Lipinski definition) is 3. The van der Waals surface area contributed by atoms with Gasteiger partial charge in [-0.25, -0.2) is 0 Å². The first-order valence-corrected chi connectivity index (χ1v) is 12.6. The van der Waals surface area contributed by atoms with Crippen LogP contribution in [-0.4, -0.2) is 17.9 Å². The van der Waals surface area contributed by atoms with Gasteiger partial charge in [-0.05, 0) is 93.1 Å². The van der Waals surface area contributed by atoms with Crippen LogP contribution in [0.1, 0.15) is 76.7 Å². The molecule has 6 unspecified atom stereocenters. The molecule has 0 spiro atoms. The number of ether oxygens (including phenoxy) is 1. The monoisotopic (exact) mass is 420 g/mol. The van der Waals surface area contributed by atoms with E-state index in [-0.39, 0.29) is 17.5 Å². The molecule has 0 saturated heterocycles. The van der Waals surface area contributed by atoms with Gasteiger partial charge in [0.25, 0.3) is 0 Å². The van der Waals surface area contributed by atoms with Gasteiger partial charge in [-0.2, -0.15) is 0 Å². The molecule has 0 N–H and O–H groups in total. The van der Waals surface area contributed by atoms with Crippen molar-refractivity contribution in [3.8, 4) is 0 Å². The lowest BCUT2D eigenvalue weighted by atomic mass is 9.51. The SMILES string of the molecule is CCC12CCC3C4CCC(=O)C=C4CCC3C1CCC2OC(=O)CCc1ccccc1. The van der Waals surface area contributed by atoms with Crippen LogP contribution in [0.25, 0.3) is 0 Å². The average Bonchev–Trinajstić information content (AvgIpc) is 3.16. The number of fused-ring (bicyclic) bond motifs is 5. The Labute approximate surface area is 186 Å². The van der Waals surface area contributed by atoms with Gasteiger partial charge >= 0.3 is 5.97 Å². The number of rotatable bonds is 5. The van der Waals surface area contributed by atoms with E-state index < -0.39 is 0 Å². The Kier molecular flexibility index (Phi) is 5.79. The molecule has 6 atom stereocenters. The molecule has 3 nitrogen and oxygen atoms in total. The Hall–Kier alpha value is -1.90. The van der Waals surface area contributed by atoms with E-state index in [1.807, 2.05) is 24.3 Å². The normalized spacial score (nSPS) is 36.7. The Morgan fingerprint density at radius 2 is 1.87 bits per heavy atom. The van der Waals surface area contributed by atoms with Crippen LogP contribution in [-0.2, 0) is 20.7 Å². The van der Waals surface area contributed by atoms with Crippen molar-refractivity contribution in [1.29, 1.82) is 0 Å². The maximum Gasteiger partial charge on any atom is 0.306 e. The number of aryl methyl sites for hydroxylation is 1. The second kappa shape index (κ2) is 8.56. The lowest BCUT2D eigenvalue weighted by molar-refractivity contribution is -0.160. The molecule has 166 valence electrons. The standard InChI is InChI=1S/C28H36O3/c1-2-28-17-16-23-22-12-10-21(29)18-20(22)9-11-24(23)25(28)13-14-26(28)31-27(30)15-8-19-6-4-3-5-7-19/h3-7,18,22-26H,2,8-17H2,1H3. The van der Waals surface area contributed by atoms with E-state index in [2.05, 4.69) is 19.1 Å². The van der Waals surface area contributed by atoms with Crippen LogP contribution in [0.15, 0.2) is 42.0 Å². The fourth-order valence-corrected chi connectivity index (χ4v) is 7.89. The van der Waals surface area contributed by atoms with E-state index in [1.165, 1.54) is 36.8 Å². The Morgan fingerprint density at radius 1 is 1.03 bits per heavy atom. The largest absolute Gasteiger partial charge is 0.462 e. The lowest BCUT2D eigenvalue weighted by Crippen LogP contribution is -2.49. The van der Waals surface area contributed by atoms with Crippen molar-refractivity contribution in [1.82, 2.24) is 0 Å². The molecule has 3 heteroatoms. The maximum atomic E-state index is 12.7. The van der Waals surface area contributed by atoms with Gasteiger partial charge in [-0.15, -0.1) is 0 Å². The Morgan fingerprint density at radius 3 is 2.68 bits per heavy atom. The smallest absolute Gasteiger partial charge is 0.306 e. The van der Waals surface area contributed by atoms with Crippen LogP contribution in [0.4, 0.5) is 0 Å². The van der Waals surface area contributed by atoms with Crippen LogP contribution in [0, 0.1) is 29.1 Å². The van der Waals surface area contributed by atoms with Crippen molar-refractivity contribution in [2.45, 2.75) is 83.7 Å². The number of carbonyl (C=O) groups is 2. The highest BCUT2D eigenvalue weighted by atomic mass is 16.5. The average molecular weight is 421 g/mol. The van der Waals surface area contributed by atoms with Crippen LogP contribution in [0.3, 0.4) is 0 Å². The van der Waals surface area contributed by atoms with Gasteiger partial charge in [0.2, 0.25) is 0 Å². The third kappa shape index (κ3) is 3.79. The highest BCUT2D eigenvalue weighted by Crippen LogP contribution is 2.63. The maximum absolute atomic E-state index is 12.7. The summed E-state index contributed by atoms with van der Waals surface area (Å²) in [6, 6.07) is 10.2. The number of esters is 1. The summed E-state index contributed by atoms with van der Waals surface area (Å²) in [6.07, 6.45) is 13.2. The zero-order valence-electron chi connectivity index (χ0n) is 18.9. The van der Waals surface area contributed by atoms with E-state index in [4.69, 9.17) is 4.74 Å². The first kappa shape index (κ1) is 21.0. The quantitative estimate of drug-likeness (QED) is 0.544. The summed E-state index contributed by atoms with van der Waals surface area (Å²) in [5, 5.41) is 0. The minimum absolute atomic E-state index is 0.0240. The minimum atomic E-state index is -0.0240. The van der Waals surface area contributed by atoms with Crippen LogP contribution < -0.4 is 0 Å². The van der Waals surface area contributed by atoms with Crippen molar-refractivity contribution in [2.24, 2.45) is 29.1 Å². The van der Waals surface area contributed by atoms with E-state index in [0.717, 1.165) is 50.4 Å². The molecular formula is C28H36O3. The summed E-state index contributed by atoms with van der Waals surface area (Å²) in [6.45, 7) is 2.32. The van der Waals surface area contributed by atoms with Crippen molar-refractivity contribution >= 4 is 11.8 Å². The highest BCUT2D eigenvalue weighted by molar-refractivity contribution is 5.91. The molecule has 1 aromatic carbocycles. The van der Waals surface area contributed by atoms with Gasteiger partial charge in [-0.1, -0.05) is 42.8 Å². The van der Waals surface area contributed by atoms with Gasteiger partial charge in [0, 0.05) is 18.3 Å². The van der Waals surface area contributed by atoms with Crippen molar-refractivity contribution in [3.05, 3.63) is 47.5 Å². The van der Waals surface area contributed by atoms with Crippen molar-refractivity contribution < 1.29 is 14.3 Å². The molecule has 0 bridgehead atoms. The summed E-state index contributed by atoms with van der Waals surface area (Å²) in [4.78, 5) is 24.7.